The van der Waals surface area contributed by atoms with Gasteiger partial charge >= 0.3 is 0 Å². The zero-order valence-corrected chi connectivity index (χ0v) is 11.5. The van der Waals surface area contributed by atoms with E-state index in [1.807, 2.05) is 30.9 Å². The highest BCUT2D eigenvalue weighted by Gasteiger charge is 2.01. The van der Waals surface area contributed by atoms with Crippen LogP contribution in [0.1, 0.15) is 11.3 Å². The summed E-state index contributed by atoms with van der Waals surface area (Å²) in [6, 6.07) is 4.08. The molecule has 2 aromatic rings. The Hall–Kier alpha value is -1.36. The summed E-state index contributed by atoms with van der Waals surface area (Å²) in [4.78, 5) is 4.33. The Morgan fingerprint density at radius 2 is 2.29 bits per heavy atom. The highest BCUT2D eigenvalue weighted by molar-refractivity contribution is 9.10. The number of hydrogen-bond acceptors (Lipinski definition) is 3. The average Bonchev–Trinajstić information content (AvgIpc) is 2.68. The van der Waals surface area contributed by atoms with Gasteiger partial charge in [-0.2, -0.15) is 5.10 Å². The van der Waals surface area contributed by atoms with E-state index in [9.17, 15) is 0 Å². The molecule has 4 nitrogen and oxygen atoms in total. The van der Waals surface area contributed by atoms with Crippen LogP contribution in [0.25, 0.3) is 0 Å². The van der Waals surface area contributed by atoms with Crippen molar-refractivity contribution in [2.24, 2.45) is 7.05 Å². The van der Waals surface area contributed by atoms with Gasteiger partial charge in [-0.15, -0.1) is 0 Å². The first-order chi connectivity index (χ1) is 8.15. The number of anilines is 1. The summed E-state index contributed by atoms with van der Waals surface area (Å²) in [5.74, 6) is 0.934. The van der Waals surface area contributed by atoms with E-state index in [0.29, 0.717) is 0 Å². The fourth-order valence-corrected chi connectivity index (χ4v) is 2.08. The molecule has 17 heavy (non-hydrogen) atoms. The van der Waals surface area contributed by atoms with E-state index < -0.39 is 0 Å². The van der Waals surface area contributed by atoms with Crippen LogP contribution in [0.15, 0.2) is 29.0 Å². The Morgan fingerprint density at radius 1 is 1.47 bits per heavy atom. The van der Waals surface area contributed by atoms with E-state index in [2.05, 4.69) is 37.4 Å². The molecule has 0 fully saturated rings. The van der Waals surface area contributed by atoms with Crippen LogP contribution in [0.5, 0.6) is 0 Å². The Balaban J connectivity index is 1.90. The fourth-order valence-electron chi connectivity index (χ4n) is 1.63. The van der Waals surface area contributed by atoms with Crippen LogP contribution in [0, 0.1) is 6.92 Å². The second-order valence-corrected chi connectivity index (χ2v) is 4.89. The number of hydrogen-bond donors (Lipinski definition) is 1. The second kappa shape index (κ2) is 5.31. The van der Waals surface area contributed by atoms with Gasteiger partial charge in [0.05, 0.1) is 5.69 Å². The lowest BCUT2D eigenvalue weighted by molar-refractivity contribution is 0.742. The van der Waals surface area contributed by atoms with E-state index in [4.69, 9.17) is 0 Å². The summed E-state index contributed by atoms with van der Waals surface area (Å²) >= 11 is 3.40. The standard InChI is InChI=1S/C12H15BrN4/c1-9-7-10(13)8-15-12(9)14-5-3-11-4-6-17(2)16-11/h4,6-8H,3,5H2,1-2H3,(H,14,15). The molecule has 0 aromatic carbocycles. The third-order valence-electron chi connectivity index (χ3n) is 2.49. The van der Waals surface area contributed by atoms with E-state index >= 15 is 0 Å². The molecule has 0 radical (unpaired) electrons. The molecule has 2 aromatic heterocycles. The molecule has 0 aliphatic heterocycles. The first kappa shape index (κ1) is 12.1. The van der Waals surface area contributed by atoms with Crippen molar-refractivity contribution in [3.8, 4) is 0 Å². The molecular formula is C12H15BrN4. The largest absolute Gasteiger partial charge is 0.369 e. The molecule has 0 bridgehead atoms. The lowest BCUT2D eigenvalue weighted by Crippen LogP contribution is -2.08. The predicted molar refractivity (Wildman–Crippen MR) is 72.1 cm³/mol. The zero-order valence-electron chi connectivity index (χ0n) is 9.94. The maximum absolute atomic E-state index is 4.33. The molecule has 0 amide bonds. The van der Waals surface area contributed by atoms with Gasteiger partial charge in [-0.1, -0.05) is 0 Å². The molecule has 0 saturated carbocycles. The van der Waals surface area contributed by atoms with Crippen molar-refractivity contribution in [3.63, 3.8) is 0 Å². The Kier molecular flexibility index (Phi) is 3.78. The molecule has 0 atom stereocenters. The van der Waals surface area contributed by atoms with Gasteiger partial charge in [0.25, 0.3) is 0 Å². The highest BCUT2D eigenvalue weighted by atomic mass is 79.9. The van der Waals surface area contributed by atoms with Crippen molar-refractivity contribution >= 4 is 21.7 Å². The van der Waals surface area contributed by atoms with Crippen LogP contribution >= 0.6 is 15.9 Å². The van der Waals surface area contributed by atoms with Gasteiger partial charge in [-0.05, 0) is 40.5 Å². The van der Waals surface area contributed by atoms with Crippen LogP contribution in [0.3, 0.4) is 0 Å². The van der Waals surface area contributed by atoms with E-state index in [1.54, 1.807) is 6.20 Å². The Labute approximate surface area is 109 Å². The minimum absolute atomic E-state index is 0.840. The average molecular weight is 295 g/mol. The van der Waals surface area contributed by atoms with Crippen LogP contribution in [-0.2, 0) is 13.5 Å². The van der Waals surface area contributed by atoms with E-state index in [0.717, 1.165) is 34.5 Å². The summed E-state index contributed by atoms with van der Waals surface area (Å²) < 4.78 is 2.82. The minimum atomic E-state index is 0.840. The van der Waals surface area contributed by atoms with Crippen LogP contribution in [0.4, 0.5) is 5.82 Å². The molecule has 0 spiro atoms. The molecule has 2 heterocycles. The van der Waals surface area contributed by atoms with Crippen LogP contribution < -0.4 is 5.32 Å². The van der Waals surface area contributed by atoms with E-state index in [-0.39, 0.29) is 0 Å². The van der Waals surface area contributed by atoms with E-state index in [1.165, 1.54) is 0 Å². The SMILES string of the molecule is Cc1cc(Br)cnc1NCCc1ccn(C)n1. The van der Waals surface area contributed by atoms with Crippen molar-refractivity contribution in [2.75, 3.05) is 11.9 Å². The smallest absolute Gasteiger partial charge is 0.128 e. The number of rotatable bonds is 4. The Bertz CT molecular complexity index is 507. The molecule has 0 saturated heterocycles. The number of halogens is 1. The number of aromatic nitrogens is 3. The molecule has 0 aliphatic carbocycles. The lowest BCUT2D eigenvalue weighted by atomic mass is 10.2. The normalized spacial score (nSPS) is 10.5. The Morgan fingerprint density at radius 3 is 2.94 bits per heavy atom. The van der Waals surface area contributed by atoms with Crippen LogP contribution in [0.2, 0.25) is 0 Å². The molecule has 0 aliphatic rings. The maximum atomic E-state index is 4.33. The summed E-state index contributed by atoms with van der Waals surface area (Å²) in [7, 11) is 1.93. The third kappa shape index (κ3) is 3.30. The summed E-state index contributed by atoms with van der Waals surface area (Å²) in [5, 5.41) is 7.64. The lowest BCUT2D eigenvalue weighted by Gasteiger charge is -2.07. The van der Waals surface area contributed by atoms with Gasteiger partial charge in [0.15, 0.2) is 0 Å². The zero-order chi connectivity index (χ0) is 12.3. The van der Waals surface area contributed by atoms with Gasteiger partial charge in [0.1, 0.15) is 5.82 Å². The summed E-state index contributed by atoms with van der Waals surface area (Å²) in [6.07, 6.45) is 4.66. The van der Waals surface area contributed by atoms with Gasteiger partial charge in [-0.25, -0.2) is 4.98 Å². The van der Waals surface area contributed by atoms with Gasteiger partial charge in [0.2, 0.25) is 0 Å². The first-order valence-electron chi connectivity index (χ1n) is 5.49. The van der Waals surface area contributed by atoms with Gasteiger partial charge in [0, 0.05) is 36.9 Å². The first-order valence-corrected chi connectivity index (χ1v) is 6.29. The van der Waals surface area contributed by atoms with Crippen molar-refractivity contribution in [1.29, 1.82) is 0 Å². The number of pyridine rings is 1. The third-order valence-corrected chi connectivity index (χ3v) is 2.92. The quantitative estimate of drug-likeness (QED) is 0.942. The molecule has 2 rings (SSSR count). The maximum Gasteiger partial charge on any atom is 0.128 e. The monoisotopic (exact) mass is 294 g/mol. The topological polar surface area (TPSA) is 42.7 Å². The van der Waals surface area contributed by atoms with Crippen molar-refractivity contribution < 1.29 is 0 Å². The van der Waals surface area contributed by atoms with Crippen molar-refractivity contribution in [1.82, 2.24) is 14.8 Å². The second-order valence-electron chi connectivity index (χ2n) is 3.98. The summed E-state index contributed by atoms with van der Waals surface area (Å²) in [5.41, 5.74) is 2.23. The molecule has 1 N–H and O–H groups in total. The van der Waals surface area contributed by atoms with Gasteiger partial charge < -0.3 is 5.32 Å². The molecule has 5 heteroatoms. The molecule has 90 valence electrons. The van der Waals surface area contributed by atoms with Crippen LogP contribution in [-0.4, -0.2) is 21.3 Å². The number of nitrogens with zero attached hydrogens (tertiary/aromatic N) is 3. The molecular weight excluding hydrogens is 280 g/mol. The number of aryl methyl sites for hydroxylation is 2. The fraction of sp³-hybridized carbons (Fsp3) is 0.333. The van der Waals surface area contributed by atoms with Crippen molar-refractivity contribution in [3.05, 3.63) is 40.3 Å². The summed E-state index contributed by atoms with van der Waals surface area (Å²) in [6.45, 7) is 2.88. The van der Waals surface area contributed by atoms with Crippen molar-refractivity contribution in [2.45, 2.75) is 13.3 Å². The predicted octanol–water partition coefficient (Wildman–Crippen LogP) is 2.54. The highest BCUT2D eigenvalue weighted by Crippen LogP contribution is 2.16. The molecule has 0 unspecified atom stereocenters. The van der Waals surface area contributed by atoms with Gasteiger partial charge in [-0.3, -0.25) is 4.68 Å². The minimum Gasteiger partial charge on any atom is -0.369 e. The number of nitrogens with one attached hydrogen (secondary N) is 1.